The molecule has 0 fully saturated rings. The molecule has 7 heteroatoms. The van der Waals surface area contributed by atoms with Gasteiger partial charge in [0, 0.05) is 18.0 Å². The highest BCUT2D eigenvalue weighted by atomic mass is 19.2. The molecule has 19 heavy (non-hydrogen) atoms. The van der Waals surface area contributed by atoms with Gasteiger partial charge in [-0.25, -0.2) is 22.0 Å². The van der Waals surface area contributed by atoms with Crippen molar-refractivity contribution in [1.82, 2.24) is 4.98 Å². The molecular formula is C12H6F5NO. The highest BCUT2D eigenvalue weighted by Gasteiger charge is 2.30. The summed E-state index contributed by atoms with van der Waals surface area (Å²) in [5.41, 5.74) is -1.39. The minimum atomic E-state index is -2.27. The third kappa shape index (κ3) is 2.17. The van der Waals surface area contributed by atoms with E-state index in [0.29, 0.717) is 0 Å². The molecule has 1 heterocycles. The van der Waals surface area contributed by atoms with Crippen molar-refractivity contribution in [3.8, 4) is 0 Å². The highest BCUT2D eigenvalue weighted by Crippen LogP contribution is 2.30. The standard InChI is InChI=1S/C12H6F5NO/c13-7-6(8(14)10(16)11(17)9(7)15)12(19)5-2-1-3-18-4-5/h1-4,12,19H. The Bertz CT molecular complexity index is 588. The third-order valence-electron chi connectivity index (χ3n) is 2.52. The number of pyridine rings is 1. The Labute approximate surface area is 104 Å². The maximum Gasteiger partial charge on any atom is 0.200 e. The van der Waals surface area contributed by atoms with Gasteiger partial charge in [-0.05, 0) is 6.07 Å². The molecule has 0 spiro atoms. The molecule has 1 unspecified atom stereocenters. The van der Waals surface area contributed by atoms with E-state index in [0.717, 1.165) is 6.20 Å². The lowest BCUT2D eigenvalue weighted by Gasteiger charge is -2.14. The maximum absolute atomic E-state index is 13.4. The number of benzene rings is 1. The molecule has 0 bridgehead atoms. The van der Waals surface area contributed by atoms with E-state index in [-0.39, 0.29) is 5.56 Å². The first-order valence-corrected chi connectivity index (χ1v) is 5.04. The van der Waals surface area contributed by atoms with Gasteiger partial charge >= 0.3 is 0 Å². The van der Waals surface area contributed by atoms with Gasteiger partial charge in [0.2, 0.25) is 5.82 Å². The molecule has 100 valence electrons. The van der Waals surface area contributed by atoms with Crippen LogP contribution in [0, 0.1) is 29.1 Å². The summed E-state index contributed by atoms with van der Waals surface area (Å²) in [6, 6.07) is 2.60. The van der Waals surface area contributed by atoms with E-state index in [1.165, 1.54) is 18.3 Å². The van der Waals surface area contributed by atoms with Crippen molar-refractivity contribution in [2.45, 2.75) is 6.10 Å². The number of aromatic nitrogens is 1. The minimum absolute atomic E-state index is 0.0919. The van der Waals surface area contributed by atoms with E-state index in [1.54, 1.807) is 0 Å². The van der Waals surface area contributed by atoms with Crippen LogP contribution in [0.5, 0.6) is 0 Å². The molecule has 1 aromatic heterocycles. The van der Waals surface area contributed by atoms with Gasteiger partial charge in [0.25, 0.3) is 0 Å². The lowest BCUT2D eigenvalue weighted by molar-refractivity contribution is 0.202. The average molecular weight is 275 g/mol. The molecule has 2 aromatic rings. The molecule has 1 atom stereocenters. The molecule has 2 nitrogen and oxygen atoms in total. The van der Waals surface area contributed by atoms with Crippen LogP contribution >= 0.6 is 0 Å². The van der Waals surface area contributed by atoms with Gasteiger partial charge in [-0.3, -0.25) is 4.98 Å². The van der Waals surface area contributed by atoms with E-state index in [4.69, 9.17) is 0 Å². The predicted molar refractivity (Wildman–Crippen MR) is 54.5 cm³/mol. The van der Waals surface area contributed by atoms with E-state index >= 15 is 0 Å². The van der Waals surface area contributed by atoms with Gasteiger partial charge in [-0.1, -0.05) is 6.07 Å². The van der Waals surface area contributed by atoms with Crippen LogP contribution in [0.15, 0.2) is 24.5 Å². The minimum Gasteiger partial charge on any atom is -0.383 e. The molecule has 0 amide bonds. The lowest BCUT2D eigenvalue weighted by atomic mass is 10.0. The third-order valence-corrected chi connectivity index (χ3v) is 2.52. The van der Waals surface area contributed by atoms with Gasteiger partial charge in [0.15, 0.2) is 23.3 Å². The number of halogens is 5. The van der Waals surface area contributed by atoms with Gasteiger partial charge in [-0.2, -0.15) is 0 Å². The van der Waals surface area contributed by atoms with Gasteiger partial charge in [-0.15, -0.1) is 0 Å². The summed E-state index contributed by atoms with van der Waals surface area (Å²) in [6.07, 6.45) is 0.385. The summed E-state index contributed by atoms with van der Waals surface area (Å²) in [5, 5.41) is 9.72. The molecule has 1 N–H and O–H groups in total. The SMILES string of the molecule is OC(c1cccnc1)c1c(F)c(F)c(F)c(F)c1F. The van der Waals surface area contributed by atoms with Gasteiger partial charge in [0.1, 0.15) is 6.10 Å². The van der Waals surface area contributed by atoms with Crippen LogP contribution in [0.3, 0.4) is 0 Å². The van der Waals surface area contributed by atoms with Crippen LogP contribution < -0.4 is 0 Å². The molecule has 0 radical (unpaired) electrons. The van der Waals surface area contributed by atoms with Crippen LogP contribution in [-0.4, -0.2) is 10.1 Å². The molecular weight excluding hydrogens is 269 g/mol. The number of nitrogens with zero attached hydrogens (tertiary/aromatic N) is 1. The second-order valence-corrected chi connectivity index (χ2v) is 3.67. The first-order chi connectivity index (χ1) is 8.95. The lowest BCUT2D eigenvalue weighted by Crippen LogP contribution is -2.12. The Morgan fingerprint density at radius 3 is 1.89 bits per heavy atom. The fraction of sp³-hybridized carbons (Fsp3) is 0.0833. The van der Waals surface area contributed by atoms with Crippen LogP contribution in [0.4, 0.5) is 22.0 Å². The molecule has 0 aliphatic heterocycles. The summed E-state index contributed by atoms with van der Waals surface area (Å²) >= 11 is 0. The summed E-state index contributed by atoms with van der Waals surface area (Å²) in [4.78, 5) is 3.59. The average Bonchev–Trinajstić information content (AvgIpc) is 2.44. The van der Waals surface area contributed by atoms with Crippen LogP contribution in [0.1, 0.15) is 17.2 Å². The fourth-order valence-electron chi connectivity index (χ4n) is 1.57. The molecule has 0 saturated heterocycles. The van der Waals surface area contributed by atoms with Crippen LogP contribution in [0.2, 0.25) is 0 Å². The Morgan fingerprint density at radius 2 is 1.42 bits per heavy atom. The van der Waals surface area contributed by atoms with E-state index in [2.05, 4.69) is 4.98 Å². The summed E-state index contributed by atoms with van der Waals surface area (Å²) in [5.74, 6) is -10.6. The Balaban J connectivity index is 2.64. The zero-order valence-corrected chi connectivity index (χ0v) is 9.17. The van der Waals surface area contributed by atoms with Gasteiger partial charge < -0.3 is 5.11 Å². The first kappa shape index (κ1) is 13.4. The summed E-state index contributed by atoms with van der Waals surface area (Å²) in [6.45, 7) is 0. The maximum atomic E-state index is 13.4. The number of hydrogen-bond donors (Lipinski definition) is 1. The van der Waals surface area contributed by atoms with Crippen molar-refractivity contribution < 1.29 is 27.1 Å². The first-order valence-electron chi connectivity index (χ1n) is 5.04. The number of aliphatic hydroxyl groups is 1. The second-order valence-electron chi connectivity index (χ2n) is 3.67. The predicted octanol–water partition coefficient (Wildman–Crippen LogP) is 2.86. The van der Waals surface area contributed by atoms with Crippen LogP contribution in [-0.2, 0) is 0 Å². The van der Waals surface area contributed by atoms with Crippen LogP contribution in [0.25, 0.3) is 0 Å². The monoisotopic (exact) mass is 275 g/mol. The fourth-order valence-corrected chi connectivity index (χ4v) is 1.57. The largest absolute Gasteiger partial charge is 0.383 e. The zero-order valence-electron chi connectivity index (χ0n) is 9.17. The van der Waals surface area contributed by atoms with E-state index in [9.17, 15) is 27.1 Å². The molecule has 0 aliphatic rings. The Morgan fingerprint density at radius 1 is 0.895 bits per heavy atom. The molecule has 0 aliphatic carbocycles. The molecule has 1 aromatic carbocycles. The molecule has 0 saturated carbocycles. The normalized spacial score (nSPS) is 12.5. The van der Waals surface area contributed by atoms with Crippen molar-refractivity contribution >= 4 is 0 Å². The van der Waals surface area contributed by atoms with Crippen molar-refractivity contribution in [2.75, 3.05) is 0 Å². The Hall–Kier alpha value is -2.02. The van der Waals surface area contributed by atoms with E-state index in [1.807, 2.05) is 0 Å². The number of hydrogen-bond acceptors (Lipinski definition) is 2. The number of aliphatic hydroxyl groups excluding tert-OH is 1. The zero-order chi connectivity index (χ0) is 14.2. The Kier molecular flexibility index (Phi) is 3.48. The van der Waals surface area contributed by atoms with Crippen molar-refractivity contribution in [1.29, 1.82) is 0 Å². The smallest absolute Gasteiger partial charge is 0.200 e. The number of rotatable bonds is 2. The summed E-state index contributed by atoms with van der Waals surface area (Å²) in [7, 11) is 0. The second kappa shape index (κ2) is 4.93. The molecule has 2 rings (SSSR count). The van der Waals surface area contributed by atoms with Crippen molar-refractivity contribution in [3.05, 3.63) is 64.7 Å². The topological polar surface area (TPSA) is 33.1 Å². The van der Waals surface area contributed by atoms with Crippen molar-refractivity contribution in [3.63, 3.8) is 0 Å². The quantitative estimate of drug-likeness (QED) is 0.519. The van der Waals surface area contributed by atoms with E-state index < -0.39 is 40.8 Å². The summed E-state index contributed by atoms with van der Waals surface area (Å²) < 4.78 is 65.7. The highest BCUT2D eigenvalue weighted by molar-refractivity contribution is 5.32. The van der Waals surface area contributed by atoms with Crippen molar-refractivity contribution in [2.24, 2.45) is 0 Å². The van der Waals surface area contributed by atoms with Gasteiger partial charge in [0.05, 0.1) is 5.56 Å².